The molecule has 0 saturated carbocycles. The number of aromatic hydroxyl groups is 1. The van der Waals surface area contributed by atoms with Crippen LogP contribution in [0, 0.1) is 11.6 Å². The van der Waals surface area contributed by atoms with Crippen LogP contribution in [0.25, 0.3) is 0 Å². The molecule has 0 radical (unpaired) electrons. The number of hydrogen-bond acceptors (Lipinski definition) is 3. The summed E-state index contributed by atoms with van der Waals surface area (Å²) in [6.07, 6.45) is 2.74. The lowest BCUT2D eigenvalue weighted by Crippen LogP contribution is -2.45. The lowest BCUT2D eigenvalue weighted by Gasteiger charge is -2.35. The van der Waals surface area contributed by atoms with Gasteiger partial charge >= 0.3 is 0 Å². The summed E-state index contributed by atoms with van der Waals surface area (Å²) in [5.41, 5.74) is 1.84. The Balaban J connectivity index is 1.34. The Kier molecular flexibility index (Phi) is 5.31. The van der Waals surface area contributed by atoms with Gasteiger partial charge in [0.25, 0.3) is 0 Å². The van der Waals surface area contributed by atoms with Crippen molar-refractivity contribution in [1.29, 1.82) is 0 Å². The van der Waals surface area contributed by atoms with E-state index in [0.29, 0.717) is 24.6 Å². The zero-order chi connectivity index (χ0) is 19.7. The van der Waals surface area contributed by atoms with E-state index < -0.39 is 11.6 Å². The average Bonchev–Trinajstić information content (AvgIpc) is 3.06. The monoisotopic (exact) mass is 386 g/mol. The van der Waals surface area contributed by atoms with E-state index in [1.807, 2.05) is 12.1 Å². The topological polar surface area (TPSA) is 43.8 Å². The molecule has 28 heavy (non-hydrogen) atoms. The molecule has 0 aromatic heterocycles. The van der Waals surface area contributed by atoms with Crippen LogP contribution in [0.2, 0.25) is 0 Å². The van der Waals surface area contributed by atoms with E-state index >= 15 is 0 Å². The lowest BCUT2D eigenvalue weighted by atomic mass is 9.89. The van der Waals surface area contributed by atoms with Gasteiger partial charge in [0, 0.05) is 13.1 Å². The maximum Gasteiger partial charge on any atom is 0.240 e. The van der Waals surface area contributed by atoms with Crippen LogP contribution < -0.4 is 0 Å². The summed E-state index contributed by atoms with van der Waals surface area (Å²) in [5, 5.41) is 9.44. The maximum absolute atomic E-state index is 13.4. The molecule has 2 aromatic rings. The second-order valence-electron chi connectivity index (χ2n) is 7.71. The number of carbonyl (C=O) groups excluding carboxylic acids is 1. The molecule has 2 heterocycles. The highest BCUT2D eigenvalue weighted by Gasteiger charge is 2.37. The molecule has 1 atom stereocenters. The van der Waals surface area contributed by atoms with E-state index in [0.717, 1.165) is 38.4 Å². The van der Waals surface area contributed by atoms with Crippen molar-refractivity contribution in [2.75, 3.05) is 19.6 Å². The molecule has 0 spiro atoms. The molecule has 2 fully saturated rings. The zero-order valence-electron chi connectivity index (χ0n) is 15.7. The standard InChI is InChI=1S/C22H24F2N2O2/c23-19-6-1-15(13-20(19)24)14-26-12-9-21(22(26)28)25-10-7-17(8-11-25)16-2-4-18(27)5-3-16/h1-6,13,17,21,27H,7-12,14H2. The molecule has 4 rings (SSSR count). The van der Waals surface area contributed by atoms with Crippen LogP contribution >= 0.6 is 0 Å². The maximum atomic E-state index is 13.4. The molecule has 2 saturated heterocycles. The summed E-state index contributed by atoms with van der Waals surface area (Å²) >= 11 is 0. The Labute approximate surface area is 163 Å². The largest absolute Gasteiger partial charge is 0.508 e. The summed E-state index contributed by atoms with van der Waals surface area (Å²) in [4.78, 5) is 16.8. The highest BCUT2D eigenvalue weighted by atomic mass is 19.2. The molecule has 0 aliphatic carbocycles. The smallest absolute Gasteiger partial charge is 0.240 e. The Hall–Kier alpha value is -2.47. The van der Waals surface area contributed by atoms with Crippen molar-refractivity contribution < 1.29 is 18.7 Å². The van der Waals surface area contributed by atoms with Crippen molar-refractivity contribution in [3.63, 3.8) is 0 Å². The van der Waals surface area contributed by atoms with E-state index in [1.165, 1.54) is 17.7 Å². The van der Waals surface area contributed by atoms with Gasteiger partial charge in [-0.3, -0.25) is 9.69 Å². The quantitative estimate of drug-likeness (QED) is 0.872. The van der Waals surface area contributed by atoms with Gasteiger partial charge in [-0.25, -0.2) is 8.78 Å². The van der Waals surface area contributed by atoms with Crippen LogP contribution in [0.3, 0.4) is 0 Å². The van der Waals surface area contributed by atoms with Crippen molar-refractivity contribution in [1.82, 2.24) is 9.80 Å². The molecule has 0 bridgehead atoms. The van der Waals surface area contributed by atoms with Gasteiger partial charge in [0.2, 0.25) is 5.91 Å². The highest BCUT2D eigenvalue weighted by Crippen LogP contribution is 2.31. The van der Waals surface area contributed by atoms with Gasteiger partial charge in [-0.15, -0.1) is 0 Å². The first-order valence-corrected chi connectivity index (χ1v) is 9.77. The van der Waals surface area contributed by atoms with E-state index in [-0.39, 0.29) is 17.7 Å². The van der Waals surface area contributed by atoms with Crippen LogP contribution in [0.4, 0.5) is 8.78 Å². The minimum absolute atomic E-state index is 0.0767. The van der Waals surface area contributed by atoms with E-state index in [1.54, 1.807) is 17.0 Å². The van der Waals surface area contributed by atoms with Gasteiger partial charge in [-0.2, -0.15) is 0 Å². The first-order valence-electron chi connectivity index (χ1n) is 9.77. The molecule has 4 nitrogen and oxygen atoms in total. The average molecular weight is 386 g/mol. The van der Waals surface area contributed by atoms with E-state index in [9.17, 15) is 18.7 Å². The van der Waals surface area contributed by atoms with E-state index in [4.69, 9.17) is 0 Å². The van der Waals surface area contributed by atoms with Crippen molar-refractivity contribution >= 4 is 5.91 Å². The number of nitrogens with zero attached hydrogens (tertiary/aromatic N) is 2. The summed E-state index contributed by atoms with van der Waals surface area (Å²) in [5.74, 6) is -0.943. The highest BCUT2D eigenvalue weighted by molar-refractivity contribution is 5.84. The van der Waals surface area contributed by atoms with Crippen LogP contribution in [-0.4, -0.2) is 46.5 Å². The Morgan fingerprint density at radius 1 is 0.929 bits per heavy atom. The van der Waals surface area contributed by atoms with Gasteiger partial charge in [-0.05, 0) is 73.7 Å². The van der Waals surface area contributed by atoms with Gasteiger partial charge < -0.3 is 10.0 Å². The summed E-state index contributed by atoms with van der Waals surface area (Å²) < 4.78 is 26.5. The number of rotatable bonds is 4. The molecule has 1 amide bonds. The fourth-order valence-electron chi connectivity index (χ4n) is 4.37. The van der Waals surface area contributed by atoms with E-state index in [2.05, 4.69) is 4.90 Å². The zero-order valence-corrected chi connectivity index (χ0v) is 15.7. The van der Waals surface area contributed by atoms with Crippen molar-refractivity contribution in [3.8, 4) is 5.75 Å². The molecule has 1 N–H and O–H groups in total. The second kappa shape index (κ2) is 7.87. The van der Waals surface area contributed by atoms with Crippen LogP contribution in [0.1, 0.15) is 36.3 Å². The van der Waals surface area contributed by atoms with Gasteiger partial charge in [0.15, 0.2) is 11.6 Å². The summed E-state index contributed by atoms with van der Waals surface area (Å²) in [6, 6.07) is 11.1. The van der Waals surface area contributed by atoms with Gasteiger partial charge in [0.05, 0.1) is 6.04 Å². The predicted molar refractivity (Wildman–Crippen MR) is 102 cm³/mol. The number of hydrogen-bond donors (Lipinski definition) is 1. The third kappa shape index (κ3) is 3.87. The molecule has 2 aromatic carbocycles. The third-order valence-corrected chi connectivity index (χ3v) is 5.96. The number of phenolic OH excluding ortho intramolecular Hbond substituents is 1. The first-order chi connectivity index (χ1) is 13.5. The lowest BCUT2D eigenvalue weighted by molar-refractivity contribution is -0.133. The van der Waals surface area contributed by atoms with Crippen molar-refractivity contribution in [3.05, 3.63) is 65.2 Å². The normalized spacial score (nSPS) is 21.4. The minimum Gasteiger partial charge on any atom is -0.508 e. The van der Waals surface area contributed by atoms with Gasteiger partial charge in [0.1, 0.15) is 5.75 Å². The first kappa shape index (κ1) is 18.9. The minimum atomic E-state index is -0.878. The molecule has 148 valence electrons. The molecular formula is C22H24F2N2O2. The van der Waals surface area contributed by atoms with Crippen LogP contribution in [0.5, 0.6) is 5.75 Å². The number of phenols is 1. The number of carbonyl (C=O) groups is 1. The number of benzene rings is 2. The van der Waals surface area contributed by atoms with Crippen LogP contribution in [0.15, 0.2) is 42.5 Å². The molecule has 1 unspecified atom stereocenters. The second-order valence-corrected chi connectivity index (χ2v) is 7.71. The summed E-state index contributed by atoms with van der Waals surface area (Å²) in [6.45, 7) is 2.68. The SMILES string of the molecule is O=C1C(N2CCC(c3ccc(O)cc3)CC2)CCN1Cc1ccc(F)c(F)c1. The molecule has 6 heteroatoms. The molecule has 2 aliphatic heterocycles. The Bertz CT molecular complexity index is 848. The fourth-order valence-corrected chi connectivity index (χ4v) is 4.37. The summed E-state index contributed by atoms with van der Waals surface area (Å²) in [7, 11) is 0. The van der Waals surface area contributed by atoms with Crippen LogP contribution in [-0.2, 0) is 11.3 Å². The number of halogens is 2. The fraction of sp³-hybridized carbons (Fsp3) is 0.409. The number of amides is 1. The van der Waals surface area contributed by atoms with Crippen molar-refractivity contribution in [2.24, 2.45) is 0 Å². The number of likely N-dealkylation sites (tertiary alicyclic amines) is 2. The van der Waals surface area contributed by atoms with Gasteiger partial charge in [-0.1, -0.05) is 18.2 Å². The Morgan fingerprint density at radius 3 is 2.32 bits per heavy atom. The Morgan fingerprint density at radius 2 is 1.64 bits per heavy atom. The third-order valence-electron chi connectivity index (χ3n) is 5.96. The van der Waals surface area contributed by atoms with Crippen molar-refractivity contribution in [2.45, 2.75) is 37.8 Å². The number of piperidine rings is 1. The molecule has 2 aliphatic rings. The molecular weight excluding hydrogens is 362 g/mol. The predicted octanol–water partition coefficient (Wildman–Crippen LogP) is 3.65.